The molecule has 0 spiro atoms. The highest BCUT2D eigenvalue weighted by atomic mass is 16.4. The Morgan fingerprint density at radius 1 is 0.824 bits per heavy atom. The monoisotopic (exact) mass is 463 g/mol. The van der Waals surface area contributed by atoms with E-state index in [1.54, 1.807) is 0 Å². The molecular weight excluding hydrogens is 418 g/mol. The van der Waals surface area contributed by atoms with Gasteiger partial charge in [-0.2, -0.15) is 0 Å². The second kappa shape index (κ2) is 18.0. The minimum Gasteiger partial charge on any atom is -0.480 e. The lowest BCUT2D eigenvalue weighted by Gasteiger charge is -2.15. The second-order valence-corrected chi connectivity index (χ2v) is 9.31. The van der Waals surface area contributed by atoms with E-state index in [2.05, 4.69) is 60.8 Å². The van der Waals surface area contributed by atoms with Gasteiger partial charge in [-0.25, -0.2) is 0 Å². The summed E-state index contributed by atoms with van der Waals surface area (Å²) in [6, 6.07) is 13.9. The Morgan fingerprint density at radius 3 is 2.18 bits per heavy atom. The lowest BCUT2D eigenvalue weighted by atomic mass is 10.0. The number of hydrogen-bond donors (Lipinski definition) is 2. The summed E-state index contributed by atoms with van der Waals surface area (Å²) in [5, 5.41) is 15.2. The van der Waals surface area contributed by atoms with Crippen LogP contribution in [-0.2, 0) is 11.2 Å². The molecule has 0 amide bonds. The Hall–Kier alpha value is -2.39. The van der Waals surface area contributed by atoms with Crippen molar-refractivity contribution in [1.29, 1.82) is 0 Å². The van der Waals surface area contributed by atoms with Gasteiger partial charge in [-0.3, -0.25) is 4.79 Å². The molecule has 186 valence electrons. The minimum atomic E-state index is -0.770. The predicted molar refractivity (Wildman–Crippen MR) is 146 cm³/mol. The van der Waals surface area contributed by atoms with Gasteiger partial charge in [0.05, 0.1) is 0 Å². The third-order valence-electron chi connectivity index (χ3n) is 6.32. The minimum absolute atomic E-state index is 0.516. The summed E-state index contributed by atoms with van der Waals surface area (Å²) >= 11 is 0. The first-order valence-corrected chi connectivity index (χ1v) is 13.4. The Balaban J connectivity index is 1.49. The molecule has 3 heteroatoms. The van der Waals surface area contributed by atoms with Gasteiger partial charge in [0.25, 0.3) is 0 Å². The van der Waals surface area contributed by atoms with Crippen molar-refractivity contribution in [2.45, 2.75) is 96.4 Å². The molecule has 0 saturated carbocycles. The van der Waals surface area contributed by atoms with E-state index in [1.165, 1.54) is 63.2 Å². The average Bonchev–Trinajstić information content (AvgIpc) is 2.85. The number of benzene rings is 2. The van der Waals surface area contributed by atoms with Crippen LogP contribution in [0.4, 0.5) is 0 Å². The fraction of sp³-hybridized carbons (Fsp3) is 0.516. The molecule has 2 rings (SSSR count). The maximum absolute atomic E-state index is 11.7. The van der Waals surface area contributed by atoms with Crippen molar-refractivity contribution in [1.82, 2.24) is 5.32 Å². The van der Waals surface area contributed by atoms with Gasteiger partial charge in [0, 0.05) is 0 Å². The summed E-state index contributed by atoms with van der Waals surface area (Å²) < 4.78 is 0. The van der Waals surface area contributed by atoms with Gasteiger partial charge in [0.15, 0.2) is 0 Å². The summed E-state index contributed by atoms with van der Waals surface area (Å²) in [6.45, 7) is 3.01. The molecule has 1 atom stereocenters. The van der Waals surface area contributed by atoms with Crippen molar-refractivity contribution in [3.63, 3.8) is 0 Å². The van der Waals surface area contributed by atoms with Crippen LogP contribution in [0.2, 0.25) is 0 Å². The van der Waals surface area contributed by atoms with Crippen LogP contribution in [0, 0.1) is 0 Å². The van der Waals surface area contributed by atoms with E-state index < -0.39 is 12.0 Å². The van der Waals surface area contributed by atoms with E-state index in [4.69, 9.17) is 0 Å². The lowest BCUT2D eigenvalue weighted by Crippen LogP contribution is -2.39. The van der Waals surface area contributed by atoms with Crippen molar-refractivity contribution in [2.24, 2.45) is 0 Å². The van der Waals surface area contributed by atoms with Gasteiger partial charge in [0.2, 0.25) is 0 Å². The fourth-order valence-corrected chi connectivity index (χ4v) is 4.24. The van der Waals surface area contributed by atoms with Gasteiger partial charge in [-0.1, -0.05) is 112 Å². The molecule has 0 aliphatic heterocycles. The zero-order valence-electron chi connectivity index (χ0n) is 21.2. The van der Waals surface area contributed by atoms with Crippen molar-refractivity contribution in [2.75, 3.05) is 6.54 Å². The molecule has 0 aliphatic carbocycles. The van der Waals surface area contributed by atoms with E-state index >= 15 is 0 Å². The molecule has 0 heterocycles. The molecule has 0 aliphatic rings. The molecule has 0 fully saturated rings. The molecule has 34 heavy (non-hydrogen) atoms. The van der Waals surface area contributed by atoms with Crippen LogP contribution in [0.5, 0.6) is 0 Å². The third kappa shape index (κ3) is 12.2. The van der Waals surface area contributed by atoms with Crippen molar-refractivity contribution >= 4 is 16.7 Å². The Bertz CT molecular complexity index is 871. The van der Waals surface area contributed by atoms with Crippen LogP contribution >= 0.6 is 0 Å². The number of allylic oxidation sites excluding steroid dienone is 4. The summed E-state index contributed by atoms with van der Waals surface area (Å²) in [7, 11) is 0. The molecular formula is C31H45NO2. The molecule has 0 bridgehead atoms. The normalized spacial score (nSPS) is 12.7. The molecule has 3 nitrogen and oxygen atoms in total. The van der Waals surface area contributed by atoms with Crippen LogP contribution in [-0.4, -0.2) is 23.7 Å². The zero-order valence-corrected chi connectivity index (χ0v) is 21.2. The molecule has 0 saturated heterocycles. The smallest absolute Gasteiger partial charge is 0.321 e. The van der Waals surface area contributed by atoms with E-state index in [-0.39, 0.29) is 0 Å². The highest BCUT2D eigenvalue weighted by Gasteiger charge is 2.17. The van der Waals surface area contributed by atoms with E-state index in [9.17, 15) is 9.90 Å². The Labute approximate surface area is 207 Å². The van der Waals surface area contributed by atoms with Gasteiger partial charge in [-0.15, -0.1) is 0 Å². The van der Waals surface area contributed by atoms with E-state index in [1.807, 2.05) is 18.2 Å². The van der Waals surface area contributed by atoms with Crippen LogP contribution in [0.1, 0.15) is 89.5 Å². The molecule has 2 N–H and O–H groups in total. The first-order valence-electron chi connectivity index (χ1n) is 13.4. The standard InChI is InChI=1S/C31H45NO2/c1-2-3-4-5-6-7-8-9-10-11-12-13-14-15-16-19-24-32-30(31(33)34)26-27-22-23-28-20-17-18-21-29(28)25-27/h6-7,9-10,17-18,20-23,25,30,32H,2-5,8,11-16,19,24,26H2,1H3,(H,33,34)/b7-6-,10-9-. The number of nitrogens with one attached hydrogen (secondary N) is 1. The highest BCUT2D eigenvalue weighted by molar-refractivity contribution is 5.83. The van der Waals surface area contributed by atoms with Gasteiger partial charge >= 0.3 is 5.97 Å². The number of unbranched alkanes of at least 4 members (excludes halogenated alkanes) is 9. The summed E-state index contributed by atoms with van der Waals surface area (Å²) in [5.74, 6) is -0.770. The number of hydrogen-bond acceptors (Lipinski definition) is 2. The first-order chi connectivity index (χ1) is 16.7. The SMILES string of the molecule is CCCCC/C=C\C/C=C\CCCCCCCCNC(Cc1ccc2ccccc2c1)C(=O)O. The maximum Gasteiger partial charge on any atom is 0.321 e. The predicted octanol–water partition coefficient (Wildman–Crippen LogP) is 8.24. The fourth-order valence-electron chi connectivity index (χ4n) is 4.24. The van der Waals surface area contributed by atoms with Gasteiger partial charge in [-0.05, 0) is 67.8 Å². The summed E-state index contributed by atoms with van der Waals surface area (Å²) in [6.07, 6.45) is 24.4. The topological polar surface area (TPSA) is 49.3 Å². The summed E-state index contributed by atoms with van der Waals surface area (Å²) in [5.41, 5.74) is 1.07. The number of carboxylic acid groups (broad SMARTS) is 1. The second-order valence-electron chi connectivity index (χ2n) is 9.31. The first kappa shape index (κ1) is 27.9. The molecule has 2 aromatic carbocycles. The van der Waals surface area contributed by atoms with Crippen LogP contribution in [0.25, 0.3) is 10.8 Å². The highest BCUT2D eigenvalue weighted by Crippen LogP contribution is 2.17. The zero-order chi connectivity index (χ0) is 24.3. The lowest BCUT2D eigenvalue weighted by molar-refractivity contribution is -0.139. The van der Waals surface area contributed by atoms with Gasteiger partial charge in [0.1, 0.15) is 6.04 Å². The van der Waals surface area contributed by atoms with Crippen LogP contribution < -0.4 is 5.32 Å². The Morgan fingerprint density at radius 2 is 1.47 bits per heavy atom. The van der Waals surface area contributed by atoms with Crippen molar-refractivity contribution in [3.05, 3.63) is 72.3 Å². The molecule has 0 aromatic heterocycles. The quantitative estimate of drug-likeness (QED) is 0.163. The number of aliphatic carboxylic acids is 1. The van der Waals surface area contributed by atoms with E-state index in [0.29, 0.717) is 6.42 Å². The number of fused-ring (bicyclic) bond motifs is 1. The van der Waals surface area contributed by atoms with E-state index in [0.717, 1.165) is 36.8 Å². The summed E-state index contributed by atoms with van der Waals surface area (Å²) in [4.78, 5) is 11.7. The average molecular weight is 464 g/mol. The molecule has 0 radical (unpaired) electrons. The molecule has 2 aromatic rings. The maximum atomic E-state index is 11.7. The molecule has 1 unspecified atom stereocenters. The Kier molecular flexibility index (Phi) is 14.7. The third-order valence-corrected chi connectivity index (χ3v) is 6.32. The van der Waals surface area contributed by atoms with Crippen LogP contribution in [0.3, 0.4) is 0 Å². The largest absolute Gasteiger partial charge is 0.480 e. The number of carboxylic acids is 1. The van der Waals surface area contributed by atoms with Gasteiger partial charge < -0.3 is 10.4 Å². The van der Waals surface area contributed by atoms with Crippen molar-refractivity contribution < 1.29 is 9.90 Å². The number of rotatable bonds is 19. The van der Waals surface area contributed by atoms with Crippen molar-refractivity contribution in [3.8, 4) is 0 Å². The van der Waals surface area contributed by atoms with Crippen LogP contribution in [0.15, 0.2) is 66.8 Å². The number of carbonyl (C=O) groups is 1.